The highest BCUT2D eigenvalue weighted by molar-refractivity contribution is 6.59. The van der Waals surface area contributed by atoms with Gasteiger partial charge in [0.25, 0.3) is 0 Å². The third-order valence-corrected chi connectivity index (χ3v) is 6.72. The Morgan fingerprint density at radius 1 is 0.679 bits per heavy atom. The van der Waals surface area contributed by atoms with E-state index in [0.29, 0.717) is 31.7 Å². The topological polar surface area (TPSA) is 38.7 Å². The van der Waals surface area contributed by atoms with Crippen molar-refractivity contribution in [2.24, 2.45) is 0 Å². The molecule has 0 saturated carbocycles. The molecule has 3 nitrogen and oxygen atoms in total. The molecule has 0 amide bonds. The minimum absolute atomic E-state index is 0.156. The summed E-state index contributed by atoms with van der Waals surface area (Å²) >= 11 is 0. The molecule has 1 rings (SSSR count). The van der Waals surface area contributed by atoms with Crippen molar-refractivity contribution in [1.29, 1.82) is 0 Å². The summed E-state index contributed by atoms with van der Waals surface area (Å²) in [7, 11) is -3.25. The van der Waals surface area contributed by atoms with Gasteiger partial charge in [0.2, 0.25) is 5.82 Å². The summed E-state index contributed by atoms with van der Waals surface area (Å²) in [5.41, 5.74) is -0.770. The summed E-state index contributed by atoms with van der Waals surface area (Å²) in [6, 6.07) is 0.404. The second-order valence-corrected chi connectivity index (χ2v) is 9.76. The minimum Gasteiger partial charge on any atom is -0.390 e. The average molecular weight is 429 g/mol. The quantitative estimate of drug-likeness (QED) is 0.154. The van der Waals surface area contributed by atoms with E-state index in [0.717, 1.165) is 6.42 Å². The number of rotatable bonds is 12. The third kappa shape index (κ3) is 7.42. The number of halogens is 5. The molecule has 0 fully saturated rings. The van der Waals surface area contributed by atoms with Gasteiger partial charge in [-0.15, -0.1) is 0 Å². The lowest BCUT2D eigenvalue weighted by Crippen LogP contribution is -2.46. The summed E-state index contributed by atoms with van der Waals surface area (Å²) in [5, 5.41) is 0. The molecule has 9 heteroatoms. The van der Waals surface area contributed by atoms with E-state index in [9.17, 15) is 26.7 Å². The first kappa shape index (κ1) is 25.0. The number of hydrogen-bond acceptors (Lipinski definition) is 3. The zero-order chi connectivity index (χ0) is 21.5. The van der Waals surface area contributed by atoms with Crippen molar-refractivity contribution >= 4 is 8.80 Å². The molecule has 0 saturated heterocycles. The fourth-order valence-electron chi connectivity index (χ4n) is 2.93. The molecule has 1 N–H and O–H groups in total. The highest BCUT2D eigenvalue weighted by Gasteiger charge is 2.38. The molecular formula is C19H29F5O3Si. The smallest absolute Gasteiger partial charge is 0.390 e. The summed E-state index contributed by atoms with van der Waals surface area (Å²) in [6.07, 6.45) is 2.41. The van der Waals surface area contributed by atoms with Gasteiger partial charge in [-0.3, -0.25) is 0 Å². The molecule has 1 aromatic carbocycles. The second-order valence-electron chi connectivity index (χ2n) is 7.36. The van der Waals surface area contributed by atoms with Crippen LogP contribution in [-0.2, 0) is 15.3 Å². The Kier molecular flexibility index (Phi) is 10.0. The van der Waals surface area contributed by atoms with E-state index >= 15 is 0 Å². The van der Waals surface area contributed by atoms with E-state index in [-0.39, 0.29) is 18.6 Å². The van der Waals surface area contributed by atoms with E-state index in [4.69, 9.17) is 8.85 Å². The molecule has 0 atom stereocenters. The van der Waals surface area contributed by atoms with Crippen molar-refractivity contribution in [2.45, 2.75) is 84.5 Å². The van der Waals surface area contributed by atoms with Crippen molar-refractivity contribution in [3.05, 3.63) is 34.6 Å². The van der Waals surface area contributed by atoms with Crippen molar-refractivity contribution in [3.8, 4) is 0 Å². The van der Waals surface area contributed by atoms with E-state index in [1.807, 2.05) is 27.7 Å². The zero-order valence-electron chi connectivity index (χ0n) is 16.8. The first-order chi connectivity index (χ1) is 13.0. The highest BCUT2D eigenvalue weighted by atomic mass is 28.4. The number of unbranched alkanes of at least 4 members (excludes halogenated alkanes) is 4. The number of hydrogen-bond donors (Lipinski definition) is 1. The molecule has 0 bridgehead atoms. The van der Waals surface area contributed by atoms with Gasteiger partial charge in [0.15, 0.2) is 23.3 Å². The molecule has 1 aromatic rings. The minimum atomic E-state index is -3.25. The van der Waals surface area contributed by atoms with Crippen molar-refractivity contribution < 1.29 is 35.6 Å². The molecule has 0 heterocycles. The summed E-state index contributed by atoms with van der Waals surface area (Å²) < 4.78 is 77.7. The van der Waals surface area contributed by atoms with Gasteiger partial charge in [0, 0.05) is 23.8 Å². The summed E-state index contributed by atoms with van der Waals surface area (Å²) in [5.74, 6) is -9.47. The Morgan fingerprint density at radius 3 is 1.54 bits per heavy atom. The normalized spacial score (nSPS) is 12.4. The molecule has 0 aliphatic rings. The van der Waals surface area contributed by atoms with Gasteiger partial charge in [-0.05, 0) is 47.0 Å². The Hall–Kier alpha value is -1.03. The predicted molar refractivity (Wildman–Crippen MR) is 98.2 cm³/mol. The SMILES string of the molecule is CC(C)O[Si](O)(CCCCCCCc1c(F)c(F)c(F)c(F)c1F)OC(C)C. The maximum atomic E-state index is 13.6. The Labute approximate surface area is 164 Å². The zero-order valence-corrected chi connectivity index (χ0v) is 17.8. The standard InChI is InChI=1S/C19H29F5O3Si/c1-12(2)26-28(25,27-13(3)4)11-9-7-5-6-8-10-14-15(20)17(22)19(24)18(23)16(14)21/h12-13,25H,5-11H2,1-4H3. The van der Waals surface area contributed by atoms with Crippen molar-refractivity contribution in [3.63, 3.8) is 0 Å². The van der Waals surface area contributed by atoms with E-state index in [2.05, 4.69) is 0 Å². The van der Waals surface area contributed by atoms with Crippen LogP contribution in [0.4, 0.5) is 22.0 Å². The van der Waals surface area contributed by atoms with Gasteiger partial charge in [-0.25, -0.2) is 22.0 Å². The Morgan fingerprint density at radius 2 is 1.07 bits per heavy atom. The molecule has 0 aromatic heterocycles. The molecule has 162 valence electrons. The van der Waals surface area contributed by atoms with Crippen LogP contribution in [0.1, 0.15) is 65.4 Å². The largest absolute Gasteiger partial charge is 0.498 e. The molecule has 0 radical (unpaired) electrons. The van der Waals surface area contributed by atoms with Gasteiger partial charge in [-0.1, -0.05) is 19.3 Å². The monoisotopic (exact) mass is 428 g/mol. The number of benzene rings is 1. The van der Waals surface area contributed by atoms with Crippen LogP contribution in [0.15, 0.2) is 0 Å². The van der Waals surface area contributed by atoms with Crippen molar-refractivity contribution in [1.82, 2.24) is 0 Å². The lowest BCUT2D eigenvalue weighted by Gasteiger charge is -2.28. The van der Waals surface area contributed by atoms with Gasteiger partial charge in [0.1, 0.15) is 0 Å². The molecule has 0 aliphatic carbocycles. The van der Waals surface area contributed by atoms with Crippen LogP contribution >= 0.6 is 0 Å². The summed E-state index contributed by atoms with van der Waals surface area (Å²) in [6.45, 7) is 7.28. The fraction of sp³-hybridized carbons (Fsp3) is 0.684. The van der Waals surface area contributed by atoms with Crippen LogP contribution in [0.5, 0.6) is 0 Å². The van der Waals surface area contributed by atoms with Crippen LogP contribution in [0, 0.1) is 29.1 Å². The van der Waals surface area contributed by atoms with Crippen LogP contribution < -0.4 is 0 Å². The van der Waals surface area contributed by atoms with E-state index in [1.165, 1.54) is 0 Å². The second kappa shape index (κ2) is 11.2. The van der Waals surface area contributed by atoms with E-state index in [1.54, 1.807) is 0 Å². The molecule has 0 unspecified atom stereocenters. The fourth-order valence-corrected chi connectivity index (χ4v) is 5.39. The van der Waals surface area contributed by atoms with Crippen LogP contribution in [0.2, 0.25) is 6.04 Å². The van der Waals surface area contributed by atoms with Crippen LogP contribution in [0.3, 0.4) is 0 Å². The first-order valence-electron chi connectivity index (χ1n) is 9.56. The molecule has 0 spiro atoms. The summed E-state index contributed by atoms with van der Waals surface area (Å²) in [4.78, 5) is 10.5. The maximum absolute atomic E-state index is 13.6. The lowest BCUT2D eigenvalue weighted by atomic mass is 10.0. The molecular weight excluding hydrogens is 399 g/mol. The van der Waals surface area contributed by atoms with Gasteiger partial charge in [0.05, 0.1) is 0 Å². The first-order valence-corrected chi connectivity index (χ1v) is 11.5. The van der Waals surface area contributed by atoms with Gasteiger partial charge < -0.3 is 13.6 Å². The van der Waals surface area contributed by atoms with Gasteiger partial charge in [-0.2, -0.15) is 0 Å². The highest BCUT2D eigenvalue weighted by Crippen LogP contribution is 2.25. The van der Waals surface area contributed by atoms with E-state index < -0.39 is 43.5 Å². The Balaban J connectivity index is 2.42. The Bertz CT molecular complexity index is 601. The third-order valence-electron chi connectivity index (χ3n) is 4.06. The predicted octanol–water partition coefficient (Wildman–Crippen LogP) is 5.66. The average Bonchev–Trinajstić information content (AvgIpc) is 2.58. The molecule has 28 heavy (non-hydrogen) atoms. The van der Waals surface area contributed by atoms with Crippen LogP contribution in [-0.4, -0.2) is 25.8 Å². The van der Waals surface area contributed by atoms with Crippen LogP contribution in [0.25, 0.3) is 0 Å². The maximum Gasteiger partial charge on any atom is 0.498 e. The van der Waals surface area contributed by atoms with Crippen molar-refractivity contribution in [2.75, 3.05) is 0 Å². The van der Waals surface area contributed by atoms with Gasteiger partial charge >= 0.3 is 8.80 Å². The lowest BCUT2D eigenvalue weighted by molar-refractivity contribution is 0.0472. The molecule has 0 aliphatic heterocycles.